The molecule has 0 aliphatic rings. The summed E-state index contributed by atoms with van der Waals surface area (Å²) in [5, 5.41) is 13.7. The number of benzene rings is 5. The third-order valence-corrected chi connectivity index (χ3v) is 11.7. The molecule has 0 radical (unpaired) electrons. The maximum absolute atomic E-state index is 11.3. The summed E-state index contributed by atoms with van der Waals surface area (Å²) >= 11 is 0. The fraction of sp³-hybridized carbons (Fsp3) is 0.226. The molecule has 2 N–H and O–H groups in total. The van der Waals surface area contributed by atoms with Crippen LogP contribution in [0.1, 0.15) is 79.0 Å². The van der Waals surface area contributed by atoms with Crippen molar-refractivity contribution in [2.45, 2.75) is 78.6 Å². The molecule has 294 valence electrons. The lowest BCUT2D eigenvalue weighted by Gasteiger charge is -2.27. The number of aromatic nitrogens is 5. The SMILES string of the molecule is CC(C)(C)c1cc(-c2cc(-c3cccc4c3[nH]c3ccccc34)ccn2)cc(-c2cccc3c2nc(-c2ccncc2O)n3-c2cc(C(C)(C)C)cc(C(C)(C)C)c2)c1. The molecule has 0 unspecified atom stereocenters. The van der Waals surface area contributed by atoms with Gasteiger partial charge in [-0.3, -0.25) is 14.5 Å². The fourth-order valence-corrected chi connectivity index (χ4v) is 8.19. The van der Waals surface area contributed by atoms with E-state index in [0.29, 0.717) is 11.4 Å². The summed E-state index contributed by atoms with van der Waals surface area (Å²) in [6.45, 7) is 20.3. The molecule has 4 heterocycles. The highest BCUT2D eigenvalue weighted by Crippen LogP contribution is 2.42. The van der Waals surface area contributed by atoms with Crippen LogP contribution in [0, 0.1) is 0 Å². The molecule has 9 rings (SSSR count). The zero-order valence-corrected chi connectivity index (χ0v) is 35.4. The standard InChI is InChI=1S/C53H51N5O/c1-51(2,3)35-25-33(24-34(26-35)45-27-32(20-23-55-45)39-15-12-17-42-41-14-10-11-18-44(41)56-48(39)42)40-16-13-19-46-49(40)57-50(43-21-22-54-31-47(43)59)58(46)38-29-36(52(4,5)6)28-37(30-38)53(7,8)9/h10-31,56,59H,1-9H3. The number of para-hydroxylation sites is 3. The van der Waals surface area contributed by atoms with E-state index in [-0.39, 0.29) is 22.0 Å². The Hall–Kier alpha value is -6.53. The van der Waals surface area contributed by atoms with Crippen LogP contribution in [0.5, 0.6) is 5.75 Å². The summed E-state index contributed by atoms with van der Waals surface area (Å²) in [7, 11) is 0. The zero-order valence-electron chi connectivity index (χ0n) is 35.4. The molecule has 5 aromatic carbocycles. The van der Waals surface area contributed by atoms with E-state index >= 15 is 0 Å². The second-order valence-corrected chi connectivity index (χ2v) is 19.0. The number of aromatic hydroxyl groups is 1. The molecule has 0 saturated heterocycles. The van der Waals surface area contributed by atoms with Crippen LogP contribution in [0.4, 0.5) is 0 Å². The zero-order chi connectivity index (χ0) is 41.4. The van der Waals surface area contributed by atoms with Gasteiger partial charge < -0.3 is 10.1 Å². The molecule has 0 spiro atoms. The summed E-state index contributed by atoms with van der Waals surface area (Å²) in [6, 6.07) is 41.3. The lowest BCUT2D eigenvalue weighted by Crippen LogP contribution is -2.17. The number of fused-ring (bicyclic) bond motifs is 4. The molecule has 0 amide bonds. The van der Waals surface area contributed by atoms with Gasteiger partial charge in [-0.1, -0.05) is 123 Å². The second kappa shape index (κ2) is 13.8. The van der Waals surface area contributed by atoms with Gasteiger partial charge in [-0.2, -0.15) is 0 Å². The van der Waals surface area contributed by atoms with Crippen molar-refractivity contribution < 1.29 is 5.11 Å². The van der Waals surface area contributed by atoms with E-state index in [1.807, 2.05) is 12.3 Å². The smallest absolute Gasteiger partial charge is 0.149 e. The Kier molecular flexibility index (Phi) is 8.89. The first-order chi connectivity index (χ1) is 28.0. The van der Waals surface area contributed by atoms with E-state index in [1.165, 1.54) is 33.7 Å². The van der Waals surface area contributed by atoms with E-state index in [2.05, 4.69) is 186 Å². The minimum atomic E-state index is -0.143. The molecule has 0 fully saturated rings. The minimum Gasteiger partial charge on any atom is -0.506 e. The van der Waals surface area contributed by atoms with Gasteiger partial charge in [0.1, 0.15) is 11.6 Å². The highest BCUT2D eigenvalue weighted by Gasteiger charge is 2.26. The predicted molar refractivity (Wildman–Crippen MR) is 246 cm³/mol. The lowest BCUT2D eigenvalue weighted by molar-refractivity contribution is 0.474. The topological polar surface area (TPSA) is 79.6 Å². The Labute approximate surface area is 346 Å². The number of hydrogen-bond donors (Lipinski definition) is 2. The van der Waals surface area contributed by atoms with E-state index in [4.69, 9.17) is 9.97 Å². The molecule has 0 atom stereocenters. The van der Waals surface area contributed by atoms with Crippen LogP contribution in [0.3, 0.4) is 0 Å². The van der Waals surface area contributed by atoms with Crippen LogP contribution in [-0.2, 0) is 16.2 Å². The number of nitrogens with one attached hydrogen (secondary N) is 1. The quantitative estimate of drug-likeness (QED) is 0.183. The van der Waals surface area contributed by atoms with Gasteiger partial charge in [-0.15, -0.1) is 0 Å². The normalized spacial score (nSPS) is 12.6. The Balaban J connectivity index is 1.26. The fourth-order valence-electron chi connectivity index (χ4n) is 8.19. The van der Waals surface area contributed by atoms with Gasteiger partial charge in [0.15, 0.2) is 0 Å². The number of hydrogen-bond acceptors (Lipinski definition) is 4. The molecule has 9 aromatic rings. The Morgan fingerprint density at radius 1 is 0.559 bits per heavy atom. The van der Waals surface area contributed by atoms with Crippen LogP contribution in [0.25, 0.3) is 83.4 Å². The number of H-pyrrole nitrogens is 1. The number of imidazole rings is 1. The van der Waals surface area contributed by atoms with Gasteiger partial charge in [0, 0.05) is 51.1 Å². The summed E-state index contributed by atoms with van der Waals surface area (Å²) in [5.41, 5.74) is 15.3. The number of aromatic amines is 1. The first kappa shape index (κ1) is 38.0. The monoisotopic (exact) mass is 773 g/mol. The van der Waals surface area contributed by atoms with E-state index < -0.39 is 0 Å². The average molecular weight is 774 g/mol. The molecular weight excluding hydrogens is 723 g/mol. The second-order valence-electron chi connectivity index (χ2n) is 19.0. The van der Waals surface area contributed by atoms with Crippen molar-refractivity contribution in [3.05, 3.63) is 151 Å². The van der Waals surface area contributed by atoms with E-state index in [0.717, 1.165) is 61.3 Å². The van der Waals surface area contributed by atoms with Gasteiger partial charge >= 0.3 is 0 Å². The summed E-state index contributed by atoms with van der Waals surface area (Å²) in [4.78, 5) is 18.3. The van der Waals surface area contributed by atoms with E-state index in [9.17, 15) is 5.11 Å². The summed E-state index contributed by atoms with van der Waals surface area (Å²) in [5.74, 6) is 0.741. The van der Waals surface area contributed by atoms with Crippen molar-refractivity contribution in [3.8, 4) is 56.3 Å². The maximum Gasteiger partial charge on any atom is 0.149 e. The molecule has 0 saturated carbocycles. The summed E-state index contributed by atoms with van der Waals surface area (Å²) < 4.78 is 2.21. The average Bonchev–Trinajstić information content (AvgIpc) is 3.79. The number of nitrogens with zero attached hydrogens (tertiary/aromatic N) is 4. The van der Waals surface area contributed by atoms with Crippen molar-refractivity contribution in [2.75, 3.05) is 0 Å². The molecule has 4 aromatic heterocycles. The first-order valence-electron chi connectivity index (χ1n) is 20.5. The molecule has 59 heavy (non-hydrogen) atoms. The van der Waals surface area contributed by atoms with Crippen LogP contribution >= 0.6 is 0 Å². The third-order valence-electron chi connectivity index (χ3n) is 11.7. The van der Waals surface area contributed by atoms with Gasteiger partial charge in [0.2, 0.25) is 0 Å². The van der Waals surface area contributed by atoms with Crippen LogP contribution < -0.4 is 0 Å². The van der Waals surface area contributed by atoms with Gasteiger partial charge in [-0.25, -0.2) is 4.98 Å². The van der Waals surface area contributed by atoms with Gasteiger partial charge in [0.25, 0.3) is 0 Å². The molecule has 6 heteroatoms. The number of pyridine rings is 2. The van der Waals surface area contributed by atoms with Gasteiger partial charge in [-0.05, 0) is 98.7 Å². The van der Waals surface area contributed by atoms with Crippen LogP contribution in [0.2, 0.25) is 0 Å². The molecular formula is C53H51N5O. The molecule has 0 bridgehead atoms. The highest BCUT2D eigenvalue weighted by molar-refractivity contribution is 6.12. The lowest BCUT2D eigenvalue weighted by atomic mass is 9.80. The summed E-state index contributed by atoms with van der Waals surface area (Å²) in [6.07, 6.45) is 5.12. The Morgan fingerprint density at radius 3 is 1.95 bits per heavy atom. The third kappa shape index (κ3) is 6.86. The van der Waals surface area contributed by atoms with Crippen molar-refractivity contribution in [1.82, 2.24) is 24.5 Å². The first-order valence-corrected chi connectivity index (χ1v) is 20.5. The predicted octanol–water partition coefficient (Wildman–Crippen LogP) is 13.7. The van der Waals surface area contributed by atoms with E-state index in [1.54, 1.807) is 6.20 Å². The Bertz CT molecular complexity index is 3040. The molecule has 0 aliphatic carbocycles. The van der Waals surface area contributed by atoms with Crippen molar-refractivity contribution >= 4 is 32.8 Å². The molecule has 6 nitrogen and oxygen atoms in total. The largest absolute Gasteiger partial charge is 0.506 e. The maximum atomic E-state index is 11.3. The molecule has 0 aliphatic heterocycles. The van der Waals surface area contributed by atoms with Crippen molar-refractivity contribution in [3.63, 3.8) is 0 Å². The van der Waals surface area contributed by atoms with Crippen molar-refractivity contribution in [1.29, 1.82) is 0 Å². The van der Waals surface area contributed by atoms with Crippen molar-refractivity contribution in [2.24, 2.45) is 0 Å². The number of rotatable bonds is 5. The highest BCUT2D eigenvalue weighted by atomic mass is 16.3. The van der Waals surface area contributed by atoms with Gasteiger partial charge in [0.05, 0.1) is 34.0 Å². The minimum absolute atomic E-state index is 0.0831. The Morgan fingerprint density at radius 2 is 1.22 bits per heavy atom. The van der Waals surface area contributed by atoms with Crippen LogP contribution in [-0.4, -0.2) is 29.6 Å². The van der Waals surface area contributed by atoms with Crippen LogP contribution in [0.15, 0.2) is 134 Å².